The Morgan fingerprint density at radius 2 is 1.75 bits per heavy atom. The summed E-state index contributed by atoms with van der Waals surface area (Å²) in [7, 11) is 1.35. The molecule has 0 aromatic carbocycles. The molecule has 0 fully saturated rings. The van der Waals surface area contributed by atoms with E-state index in [4.69, 9.17) is 0 Å². The molecule has 0 saturated heterocycles. The molecule has 1 rings (SSSR count). The molecular formula is C3H6Si. The van der Waals surface area contributed by atoms with Crippen LogP contribution < -0.4 is 0 Å². The Labute approximate surface area is 28.9 Å². The van der Waals surface area contributed by atoms with Crippen molar-refractivity contribution in [3.05, 3.63) is 12.2 Å². The van der Waals surface area contributed by atoms with Gasteiger partial charge >= 0.3 is 0 Å². The third-order valence-electron chi connectivity index (χ3n) is 0.577. The molecule has 0 radical (unpaired) electrons. The fraction of sp³-hybridized carbons (Fsp3) is 0.333. The minimum atomic E-state index is 0.972. The van der Waals surface area contributed by atoms with E-state index in [1.165, 1.54) is 10.2 Å². The van der Waals surface area contributed by atoms with Crippen LogP contribution in [-0.4, -0.2) is 10.2 Å². The van der Waals surface area contributed by atoms with Crippen LogP contribution in [0.3, 0.4) is 0 Å². The first-order valence-corrected chi connectivity index (χ1v) is 2.73. The Balaban J connectivity index is 2.32. The third-order valence-corrected chi connectivity index (χ3v) is 1.35. The Morgan fingerprint density at radius 1 is 1.50 bits per heavy atom. The van der Waals surface area contributed by atoms with Gasteiger partial charge in [-0.1, -0.05) is 12.2 Å². The summed E-state index contributed by atoms with van der Waals surface area (Å²) >= 11 is 0. The van der Waals surface area contributed by atoms with Crippen molar-refractivity contribution in [2.45, 2.75) is 5.54 Å². The lowest BCUT2D eigenvalue weighted by molar-refractivity contribution is 1.67. The summed E-state index contributed by atoms with van der Waals surface area (Å²) in [5, 5.41) is 0. The first-order chi connectivity index (χ1) is 1.89. The SMILES string of the molecule is [SiH3]C1C=C1. The molecule has 1 aliphatic carbocycles. The highest BCUT2D eigenvalue weighted by atomic mass is 28.1. The van der Waals surface area contributed by atoms with Crippen molar-refractivity contribution >= 4 is 10.2 Å². The number of hydrogen-bond acceptors (Lipinski definition) is 0. The van der Waals surface area contributed by atoms with Gasteiger partial charge < -0.3 is 0 Å². The zero-order valence-electron chi connectivity index (χ0n) is 2.73. The number of allylic oxidation sites excluding steroid dienone is 2. The first-order valence-electron chi connectivity index (χ1n) is 1.58. The summed E-state index contributed by atoms with van der Waals surface area (Å²) in [5.74, 6) is 0. The van der Waals surface area contributed by atoms with E-state index < -0.39 is 0 Å². The Bertz CT molecular complexity index is 41.2. The molecule has 0 unspecified atom stereocenters. The van der Waals surface area contributed by atoms with Gasteiger partial charge in [0.25, 0.3) is 0 Å². The molecule has 0 bridgehead atoms. The van der Waals surface area contributed by atoms with Crippen molar-refractivity contribution in [3.63, 3.8) is 0 Å². The number of rotatable bonds is 0. The van der Waals surface area contributed by atoms with Gasteiger partial charge in [0.15, 0.2) is 0 Å². The Morgan fingerprint density at radius 3 is 1.75 bits per heavy atom. The first kappa shape index (κ1) is 2.21. The molecule has 0 spiro atoms. The summed E-state index contributed by atoms with van der Waals surface area (Å²) in [6, 6.07) is 0. The fourth-order valence-electron chi connectivity index (χ4n) is 0.111. The van der Waals surface area contributed by atoms with Crippen LogP contribution >= 0.6 is 0 Å². The smallest absolute Gasteiger partial charge is 0.0163 e. The van der Waals surface area contributed by atoms with E-state index in [9.17, 15) is 0 Å². The molecule has 1 heteroatoms. The van der Waals surface area contributed by atoms with E-state index in [1.807, 2.05) is 0 Å². The molecule has 0 heterocycles. The third kappa shape index (κ3) is 0.205. The topological polar surface area (TPSA) is 0 Å². The highest BCUT2D eigenvalue weighted by Crippen LogP contribution is 2.16. The zero-order valence-corrected chi connectivity index (χ0v) is 4.73. The monoisotopic (exact) mass is 70.0 g/mol. The summed E-state index contributed by atoms with van der Waals surface area (Å²) in [6.07, 6.45) is 4.46. The van der Waals surface area contributed by atoms with Gasteiger partial charge in [0.05, 0.1) is 0 Å². The minimum absolute atomic E-state index is 0.972. The van der Waals surface area contributed by atoms with Crippen LogP contribution in [0.4, 0.5) is 0 Å². The van der Waals surface area contributed by atoms with Crippen molar-refractivity contribution in [2.75, 3.05) is 0 Å². The molecule has 0 aromatic heterocycles. The summed E-state index contributed by atoms with van der Waals surface area (Å²) in [6.45, 7) is 0. The van der Waals surface area contributed by atoms with Gasteiger partial charge in [-0.2, -0.15) is 0 Å². The van der Waals surface area contributed by atoms with Crippen LogP contribution in [0.1, 0.15) is 0 Å². The second-order valence-corrected chi connectivity index (χ2v) is 2.58. The molecule has 0 saturated carbocycles. The van der Waals surface area contributed by atoms with Crippen molar-refractivity contribution in [3.8, 4) is 0 Å². The average molecular weight is 70.2 g/mol. The van der Waals surface area contributed by atoms with Gasteiger partial charge in [-0.15, -0.1) is 0 Å². The standard InChI is InChI=1S/C3H6Si/c4-3-1-2-3/h1-3H,4H3. The van der Waals surface area contributed by atoms with Gasteiger partial charge in [-0.3, -0.25) is 0 Å². The zero-order chi connectivity index (χ0) is 2.99. The predicted octanol–water partition coefficient (Wildman–Crippen LogP) is -0.290. The molecule has 22 valence electrons. The van der Waals surface area contributed by atoms with E-state index >= 15 is 0 Å². The molecule has 0 aliphatic heterocycles. The van der Waals surface area contributed by atoms with Gasteiger partial charge in [0.2, 0.25) is 0 Å². The lowest BCUT2D eigenvalue weighted by atomic mass is 10.9. The lowest BCUT2D eigenvalue weighted by Gasteiger charge is -1.57. The van der Waals surface area contributed by atoms with Crippen LogP contribution in [0, 0.1) is 0 Å². The maximum absolute atomic E-state index is 2.23. The van der Waals surface area contributed by atoms with Crippen LogP contribution in [0.2, 0.25) is 5.54 Å². The molecule has 1 aliphatic rings. The summed E-state index contributed by atoms with van der Waals surface area (Å²) < 4.78 is 0. The molecule has 0 atom stereocenters. The molecule has 0 nitrogen and oxygen atoms in total. The summed E-state index contributed by atoms with van der Waals surface area (Å²) in [5.41, 5.74) is 0.972. The van der Waals surface area contributed by atoms with Crippen LogP contribution in [-0.2, 0) is 0 Å². The molecule has 0 N–H and O–H groups in total. The average Bonchev–Trinajstić information content (AvgIpc) is 1.75. The highest BCUT2D eigenvalue weighted by molar-refractivity contribution is 6.16. The van der Waals surface area contributed by atoms with Gasteiger partial charge in [-0.05, 0) is 5.54 Å². The van der Waals surface area contributed by atoms with Crippen molar-refractivity contribution in [1.29, 1.82) is 0 Å². The van der Waals surface area contributed by atoms with Crippen LogP contribution in [0.25, 0.3) is 0 Å². The van der Waals surface area contributed by atoms with E-state index in [2.05, 4.69) is 12.2 Å². The molecule has 4 heavy (non-hydrogen) atoms. The lowest BCUT2D eigenvalue weighted by Crippen LogP contribution is -1.51. The molecular weight excluding hydrogens is 64.1 g/mol. The van der Waals surface area contributed by atoms with Gasteiger partial charge in [0.1, 0.15) is 0 Å². The maximum Gasteiger partial charge on any atom is 0.0163 e. The van der Waals surface area contributed by atoms with Crippen molar-refractivity contribution in [1.82, 2.24) is 0 Å². The normalized spacial score (nSPS) is 23.0. The van der Waals surface area contributed by atoms with Gasteiger partial charge in [-0.25, -0.2) is 0 Å². The Kier molecular flexibility index (Phi) is 0.255. The van der Waals surface area contributed by atoms with E-state index in [1.54, 1.807) is 0 Å². The van der Waals surface area contributed by atoms with Crippen LogP contribution in [0.5, 0.6) is 0 Å². The summed E-state index contributed by atoms with van der Waals surface area (Å²) in [4.78, 5) is 0. The Hall–Kier alpha value is -0.0431. The van der Waals surface area contributed by atoms with Crippen LogP contribution in [0.15, 0.2) is 12.2 Å². The predicted molar refractivity (Wildman–Crippen MR) is 22.8 cm³/mol. The van der Waals surface area contributed by atoms with Gasteiger partial charge in [0, 0.05) is 10.2 Å². The second-order valence-electron chi connectivity index (χ2n) is 1.24. The maximum atomic E-state index is 2.23. The highest BCUT2D eigenvalue weighted by Gasteiger charge is 1.97. The quantitative estimate of drug-likeness (QED) is 0.271. The fourth-order valence-corrected chi connectivity index (χ4v) is 0.333. The second kappa shape index (κ2) is 0.461. The minimum Gasteiger partial charge on any atom is -0.0851 e. The molecule has 0 amide bonds. The van der Waals surface area contributed by atoms with E-state index in [0.29, 0.717) is 0 Å². The number of hydrogen-bond donors (Lipinski definition) is 0. The molecule has 0 aromatic rings. The van der Waals surface area contributed by atoms with Crippen molar-refractivity contribution < 1.29 is 0 Å². The van der Waals surface area contributed by atoms with Crippen molar-refractivity contribution in [2.24, 2.45) is 0 Å². The van der Waals surface area contributed by atoms with E-state index in [0.717, 1.165) is 5.54 Å². The largest absolute Gasteiger partial charge is 0.0851 e. The van der Waals surface area contributed by atoms with E-state index in [-0.39, 0.29) is 0 Å².